The topological polar surface area (TPSA) is 75.7 Å². The maximum absolute atomic E-state index is 5.55. The van der Waals surface area contributed by atoms with E-state index in [1.807, 2.05) is 7.05 Å². The van der Waals surface area contributed by atoms with E-state index in [0.717, 1.165) is 30.2 Å². The SMILES string of the molecule is CNC1CCOCC1Sc1ncnc2nc[nH]c12. The summed E-state index contributed by atoms with van der Waals surface area (Å²) >= 11 is 1.72. The smallest absolute Gasteiger partial charge is 0.181 e. The van der Waals surface area contributed by atoms with E-state index in [1.54, 1.807) is 24.4 Å². The lowest BCUT2D eigenvalue weighted by molar-refractivity contribution is 0.0850. The zero-order chi connectivity index (χ0) is 12.4. The van der Waals surface area contributed by atoms with Crippen LogP contribution in [0.4, 0.5) is 0 Å². The molecule has 0 radical (unpaired) electrons. The molecule has 1 fully saturated rings. The minimum Gasteiger partial charge on any atom is -0.380 e. The van der Waals surface area contributed by atoms with E-state index in [2.05, 4.69) is 25.3 Å². The van der Waals surface area contributed by atoms with E-state index in [9.17, 15) is 0 Å². The van der Waals surface area contributed by atoms with Crippen LogP contribution < -0.4 is 5.32 Å². The van der Waals surface area contributed by atoms with Gasteiger partial charge in [-0.15, -0.1) is 0 Å². The van der Waals surface area contributed by atoms with Gasteiger partial charge in [-0.3, -0.25) is 0 Å². The standard InChI is InChI=1S/C11H15N5OS/c1-12-7-2-3-17-4-8(7)18-11-9-10(14-5-13-9)15-6-16-11/h5-8,12H,2-4H2,1H3,(H,13,14,15,16). The van der Waals surface area contributed by atoms with Crippen molar-refractivity contribution in [1.82, 2.24) is 25.3 Å². The summed E-state index contributed by atoms with van der Waals surface area (Å²) in [7, 11) is 2.00. The van der Waals surface area contributed by atoms with E-state index in [4.69, 9.17) is 4.74 Å². The second-order valence-electron chi connectivity index (χ2n) is 4.20. The van der Waals surface area contributed by atoms with E-state index in [1.165, 1.54) is 0 Å². The summed E-state index contributed by atoms with van der Waals surface area (Å²) in [5.74, 6) is 0. The normalized spacial score (nSPS) is 24.5. The van der Waals surface area contributed by atoms with Gasteiger partial charge in [-0.1, -0.05) is 11.8 Å². The first kappa shape index (κ1) is 11.9. The van der Waals surface area contributed by atoms with Crippen molar-refractivity contribution >= 4 is 22.9 Å². The fraction of sp³-hybridized carbons (Fsp3) is 0.545. The zero-order valence-corrected chi connectivity index (χ0v) is 10.9. The van der Waals surface area contributed by atoms with Crippen LogP contribution in [0.15, 0.2) is 17.7 Å². The Hall–Kier alpha value is -1.18. The molecule has 2 N–H and O–H groups in total. The number of thioether (sulfide) groups is 1. The number of aromatic nitrogens is 4. The predicted octanol–water partition coefficient (Wildman–Crippen LogP) is 0.822. The lowest BCUT2D eigenvalue weighted by Gasteiger charge is -2.30. The van der Waals surface area contributed by atoms with Gasteiger partial charge < -0.3 is 15.0 Å². The number of fused-ring (bicyclic) bond motifs is 1. The lowest BCUT2D eigenvalue weighted by Crippen LogP contribution is -2.43. The Morgan fingerprint density at radius 1 is 1.44 bits per heavy atom. The average Bonchev–Trinajstić information content (AvgIpc) is 2.89. The summed E-state index contributed by atoms with van der Waals surface area (Å²) in [4.78, 5) is 15.7. The van der Waals surface area contributed by atoms with Gasteiger partial charge in [0.2, 0.25) is 0 Å². The van der Waals surface area contributed by atoms with Gasteiger partial charge in [0, 0.05) is 17.9 Å². The summed E-state index contributed by atoms with van der Waals surface area (Å²) in [6.07, 6.45) is 4.24. The Bertz CT molecular complexity index is 531. The van der Waals surface area contributed by atoms with Crippen LogP contribution in [0.2, 0.25) is 0 Å². The second-order valence-corrected chi connectivity index (χ2v) is 5.42. The van der Waals surface area contributed by atoms with Crippen molar-refractivity contribution < 1.29 is 4.74 Å². The van der Waals surface area contributed by atoms with Gasteiger partial charge in [0.05, 0.1) is 12.9 Å². The Morgan fingerprint density at radius 2 is 2.39 bits per heavy atom. The number of nitrogens with zero attached hydrogens (tertiary/aromatic N) is 3. The fourth-order valence-corrected chi connectivity index (χ4v) is 3.40. The van der Waals surface area contributed by atoms with Crippen LogP contribution in [0.1, 0.15) is 6.42 Å². The monoisotopic (exact) mass is 265 g/mol. The Labute approximate surface area is 109 Å². The minimum atomic E-state index is 0.366. The molecule has 0 aromatic carbocycles. The summed E-state index contributed by atoms with van der Waals surface area (Å²) in [6, 6.07) is 0.455. The van der Waals surface area contributed by atoms with Crippen molar-refractivity contribution in [2.75, 3.05) is 20.3 Å². The molecule has 18 heavy (non-hydrogen) atoms. The number of rotatable bonds is 3. The van der Waals surface area contributed by atoms with Crippen LogP contribution >= 0.6 is 11.8 Å². The highest BCUT2D eigenvalue weighted by atomic mass is 32.2. The molecule has 7 heteroatoms. The molecule has 0 spiro atoms. The van der Waals surface area contributed by atoms with Crippen LogP contribution in [-0.4, -0.2) is 51.5 Å². The van der Waals surface area contributed by atoms with Gasteiger partial charge in [-0.25, -0.2) is 15.0 Å². The first-order chi connectivity index (χ1) is 8.88. The molecular formula is C11H15N5OS. The zero-order valence-electron chi connectivity index (χ0n) is 10.1. The molecule has 2 unspecified atom stereocenters. The molecule has 0 aliphatic carbocycles. The molecular weight excluding hydrogens is 250 g/mol. The van der Waals surface area contributed by atoms with Gasteiger partial charge in [-0.05, 0) is 13.5 Å². The highest BCUT2D eigenvalue weighted by Gasteiger charge is 2.26. The Kier molecular flexibility index (Phi) is 3.44. The third-order valence-electron chi connectivity index (χ3n) is 3.13. The summed E-state index contributed by atoms with van der Waals surface area (Å²) < 4.78 is 5.55. The van der Waals surface area contributed by atoms with Gasteiger partial charge in [0.1, 0.15) is 16.9 Å². The molecule has 2 aromatic heterocycles. The van der Waals surface area contributed by atoms with Crippen molar-refractivity contribution in [3.63, 3.8) is 0 Å². The lowest BCUT2D eigenvalue weighted by atomic mass is 10.1. The largest absolute Gasteiger partial charge is 0.380 e. The molecule has 6 nitrogen and oxygen atoms in total. The second kappa shape index (κ2) is 5.21. The minimum absolute atomic E-state index is 0.366. The van der Waals surface area contributed by atoms with Gasteiger partial charge in [-0.2, -0.15) is 0 Å². The van der Waals surface area contributed by atoms with E-state index >= 15 is 0 Å². The van der Waals surface area contributed by atoms with E-state index in [-0.39, 0.29) is 0 Å². The highest BCUT2D eigenvalue weighted by molar-refractivity contribution is 8.00. The number of nitrogens with one attached hydrogen (secondary N) is 2. The first-order valence-corrected chi connectivity index (χ1v) is 6.82. The van der Waals surface area contributed by atoms with E-state index < -0.39 is 0 Å². The van der Waals surface area contributed by atoms with Crippen molar-refractivity contribution in [1.29, 1.82) is 0 Å². The maximum Gasteiger partial charge on any atom is 0.181 e. The summed E-state index contributed by atoms with van der Waals surface area (Å²) in [5, 5.41) is 4.65. The van der Waals surface area contributed by atoms with Crippen molar-refractivity contribution in [3.8, 4) is 0 Å². The van der Waals surface area contributed by atoms with Crippen LogP contribution in [0, 0.1) is 0 Å². The van der Waals surface area contributed by atoms with Crippen LogP contribution in [0.25, 0.3) is 11.2 Å². The number of aromatic amines is 1. The van der Waals surface area contributed by atoms with Crippen molar-refractivity contribution in [3.05, 3.63) is 12.7 Å². The molecule has 0 bridgehead atoms. The molecule has 1 saturated heterocycles. The van der Waals surface area contributed by atoms with E-state index in [0.29, 0.717) is 16.9 Å². The number of H-pyrrole nitrogens is 1. The molecule has 0 amide bonds. The molecule has 1 aliphatic rings. The third-order valence-corrected chi connectivity index (χ3v) is 4.43. The average molecular weight is 265 g/mol. The van der Waals surface area contributed by atoms with Crippen LogP contribution in [0.3, 0.4) is 0 Å². The third kappa shape index (κ3) is 2.21. The Balaban J connectivity index is 1.84. The summed E-state index contributed by atoms with van der Waals surface area (Å²) in [5.41, 5.74) is 1.62. The van der Waals surface area contributed by atoms with Gasteiger partial charge in [0.25, 0.3) is 0 Å². The molecule has 0 saturated carbocycles. The molecule has 2 atom stereocenters. The predicted molar refractivity (Wildman–Crippen MR) is 69.6 cm³/mol. The fourth-order valence-electron chi connectivity index (χ4n) is 2.13. The quantitative estimate of drug-likeness (QED) is 0.800. The van der Waals surface area contributed by atoms with Crippen molar-refractivity contribution in [2.24, 2.45) is 0 Å². The highest BCUT2D eigenvalue weighted by Crippen LogP contribution is 2.30. The molecule has 2 aromatic rings. The number of ether oxygens (including phenoxy) is 1. The Morgan fingerprint density at radius 3 is 3.28 bits per heavy atom. The number of hydrogen-bond donors (Lipinski definition) is 2. The number of hydrogen-bond acceptors (Lipinski definition) is 6. The molecule has 1 aliphatic heterocycles. The van der Waals surface area contributed by atoms with Gasteiger partial charge >= 0.3 is 0 Å². The maximum atomic E-state index is 5.55. The van der Waals surface area contributed by atoms with Crippen LogP contribution in [-0.2, 0) is 4.74 Å². The van der Waals surface area contributed by atoms with Crippen molar-refractivity contribution in [2.45, 2.75) is 22.7 Å². The summed E-state index contributed by atoms with van der Waals surface area (Å²) in [6.45, 7) is 1.57. The van der Waals surface area contributed by atoms with Gasteiger partial charge in [0.15, 0.2) is 5.65 Å². The first-order valence-electron chi connectivity index (χ1n) is 5.94. The molecule has 96 valence electrons. The number of imidazole rings is 1. The molecule has 3 rings (SSSR count). The van der Waals surface area contributed by atoms with Crippen LogP contribution in [0.5, 0.6) is 0 Å². The molecule has 3 heterocycles.